The number of nitrogen functional groups attached to an aromatic ring is 1. The molecule has 0 saturated carbocycles. The van der Waals surface area contributed by atoms with Gasteiger partial charge in [0.15, 0.2) is 5.16 Å². The van der Waals surface area contributed by atoms with E-state index in [1.54, 1.807) is 11.1 Å². The van der Waals surface area contributed by atoms with E-state index in [1.807, 2.05) is 55.6 Å². The van der Waals surface area contributed by atoms with Crippen LogP contribution in [-0.2, 0) is 11.3 Å². The Morgan fingerprint density at radius 1 is 1.15 bits per heavy atom. The Labute approximate surface area is 157 Å². The maximum atomic E-state index is 12.4. The van der Waals surface area contributed by atoms with E-state index in [2.05, 4.69) is 18.0 Å². The van der Waals surface area contributed by atoms with Crippen molar-refractivity contribution in [3.8, 4) is 11.3 Å². The van der Waals surface area contributed by atoms with Gasteiger partial charge in [-0.15, -0.1) is 0 Å². The zero-order valence-corrected chi connectivity index (χ0v) is 15.7. The minimum Gasteiger partial charge on any atom is -0.341 e. The number of carbonyl (C=O) groups is 1. The first kappa shape index (κ1) is 18.1. The third kappa shape index (κ3) is 4.26. The molecule has 2 N–H and O–H groups in total. The third-order valence-corrected chi connectivity index (χ3v) is 5.14. The van der Waals surface area contributed by atoms with Gasteiger partial charge >= 0.3 is 0 Å². The quantitative estimate of drug-likeness (QED) is 0.537. The van der Waals surface area contributed by atoms with Gasteiger partial charge in [0.25, 0.3) is 0 Å². The van der Waals surface area contributed by atoms with Gasteiger partial charge in [-0.25, -0.2) is 9.66 Å². The SMILES string of the molecule is Cc1ccccc1CN(C)C(=O)CSc1nc(-c2ccccc2)cn1N. The Morgan fingerprint density at radius 2 is 1.85 bits per heavy atom. The number of amides is 1. The summed E-state index contributed by atoms with van der Waals surface area (Å²) in [6.45, 7) is 2.65. The molecule has 0 radical (unpaired) electrons. The number of aromatic nitrogens is 2. The number of benzene rings is 2. The molecule has 5 nitrogen and oxygen atoms in total. The molecule has 134 valence electrons. The van der Waals surface area contributed by atoms with Crippen molar-refractivity contribution in [2.24, 2.45) is 0 Å². The second-order valence-electron chi connectivity index (χ2n) is 6.15. The van der Waals surface area contributed by atoms with Crippen molar-refractivity contribution in [3.63, 3.8) is 0 Å². The molecule has 0 atom stereocenters. The van der Waals surface area contributed by atoms with Crippen LogP contribution in [0.25, 0.3) is 11.3 Å². The average molecular weight is 366 g/mol. The number of thioether (sulfide) groups is 1. The number of hydrogen-bond acceptors (Lipinski definition) is 4. The number of nitrogens with two attached hydrogens (primary N) is 1. The van der Waals surface area contributed by atoms with E-state index in [0.29, 0.717) is 17.5 Å². The summed E-state index contributed by atoms with van der Waals surface area (Å²) in [5.74, 6) is 6.33. The number of carbonyl (C=O) groups excluding carboxylic acids is 1. The highest BCUT2D eigenvalue weighted by atomic mass is 32.2. The van der Waals surface area contributed by atoms with Crippen molar-refractivity contribution in [1.29, 1.82) is 0 Å². The van der Waals surface area contributed by atoms with Crippen molar-refractivity contribution < 1.29 is 4.79 Å². The molecule has 1 aromatic heterocycles. The van der Waals surface area contributed by atoms with E-state index >= 15 is 0 Å². The highest BCUT2D eigenvalue weighted by molar-refractivity contribution is 7.99. The Morgan fingerprint density at radius 3 is 2.58 bits per heavy atom. The first-order valence-corrected chi connectivity index (χ1v) is 9.34. The molecule has 0 bridgehead atoms. The minimum absolute atomic E-state index is 0.0440. The molecule has 0 aliphatic rings. The summed E-state index contributed by atoms with van der Waals surface area (Å²) in [6, 6.07) is 17.9. The van der Waals surface area contributed by atoms with Crippen LogP contribution < -0.4 is 5.84 Å². The van der Waals surface area contributed by atoms with Crippen LogP contribution in [-0.4, -0.2) is 33.3 Å². The first-order chi connectivity index (χ1) is 12.5. The number of imidazole rings is 1. The van der Waals surface area contributed by atoms with E-state index in [0.717, 1.165) is 16.8 Å². The number of hydrogen-bond donors (Lipinski definition) is 1. The van der Waals surface area contributed by atoms with E-state index in [4.69, 9.17) is 5.84 Å². The van der Waals surface area contributed by atoms with Gasteiger partial charge in [0, 0.05) is 19.2 Å². The third-order valence-electron chi connectivity index (χ3n) is 4.19. The molecule has 2 aromatic carbocycles. The average Bonchev–Trinajstić information content (AvgIpc) is 3.03. The molecule has 6 heteroatoms. The molecule has 0 saturated heterocycles. The van der Waals surface area contributed by atoms with Gasteiger partial charge in [0.2, 0.25) is 5.91 Å². The fourth-order valence-corrected chi connectivity index (χ4v) is 3.44. The van der Waals surface area contributed by atoms with Crippen LogP contribution in [0.1, 0.15) is 11.1 Å². The predicted octanol–water partition coefficient (Wildman–Crippen LogP) is 3.32. The van der Waals surface area contributed by atoms with Gasteiger partial charge in [0.1, 0.15) is 0 Å². The second kappa shape index (κ2) is 8.10. The van der Waals surface area contributed by atoms with E-state index in [1.165, 1.54) is 22.0 Å². The number of nitrogens with zero attached hydrogens (tertiary/aromatic N) is 3. The van der Waals surface area contributed by atoms with Gasteiger partial charge in [-0.2, -0.15) is 0 Å². The zero-order valence-electron chi connectivity index (χ0n) is 14.9. The van der Waals surface area contributed by atoms with Gasteiger partial charge in [-0.05, 0) is 18.1 Å². The molecule has 0 aliphatic carbocycles. The van der Waals surface area contributed by atoms with Gasteiger partial charge in [-0.3, -0.25) is 4.79 Å². The highest BCUT2D eigenvalue weighted by Gasteiger charge is 2.14. The van der Waals surface area contributed by atoms with E-state index in [-0.39, 0.29) is 5.91 Å². The summed E-state index contributed by atoms with van der Waals surface area (Å²) >= 11 is 1.35. The maximum Gasteiger partial charge on any atom is 0.233 e. The van der Waals surface area contributed by atoms with Crippen LogP contribution in [0, 0.1) is 6.92 Å². The number of rotatable bonds is 6. The molecule has 3 rings (SSSR count). The molecule has 1 heterocycles. The van der Waals surface area contributed by atoms with Crippen molar-refractivity contribution in [1.82, 2.24) is 14.6 Å². The van der Waals surface area contributed by atoms with Crippen molar-refractivity contribution in [2.45, 2.75) is 18.6 Å². The van der Waals surface area contributed by atoms with Gasteiger partial charge in [-0.1, -0.05) is 66.4 Å². The van der Waals surface area contributed by atoms with Crippen LogP contribution in [0.5, 0.6) is 0 Å². The molecular formula is C20H22N4OS. The Bertz CT molecular complexity index is 892. The summed E-state index contributed by atoms with van der Waals surface area (Å²) in [5, 5.41) is 0.626. The van der Waals surface area contributed by atoms with Crippen molar-refractivity contribution >= 4 is 17.7 Å². The lowest BCUT2D eigenvalue weighted by Crippen LogP contribution is -2.28. The van der Waals surface area contributed by atoms with Crippen LogP contribution >= 0.6 is 11.8 Å². The lowest BCUT2D eigenvalue weighted by Gasteiger charge is -2.18. The normalized spacial score (nSPS) is 10.7. The van der Waals surface area contributed by atoms with Crippen LogP contribution in [0.15, 0.2) is 66.0 Å². The van der Waals surface area contributed by atoms with Crippen LogP contribution in [0.3, 0.4) is 0 Å². The summed E-state index contributed by atoms with van der Waals surface area (Å²) < 4.78 is 1.47. The monoisotopic (exact) mass is 366 g/mol. The standard InChI is InChI=1S/C20H22N4OS/c1-15-8-6-7-11-17(15)12-23(2)19(25)14-26-20-22-18(13-24(20)21)16-9-4-3-5-10-16/h3-11,13H,12,14,21H2,1-2H3. The van der Waals surface area contributed by atoms with E-state index < -0.39 is 0 Å². The smallest absolute Gasteiger partial charge is 0.233 e. The molecule has 0 aliphatic heterocycles. The highest BCUT2D eigenvalue weighted by Crippen LogP contribution is 2.23. The molecule has 1 amide bonds. The van der Waals surface area contributed by atoms with Gasteiger partial charge < -0.3 is 10.7 Å². The lowest BCUT2D eigenvalue weighted by molar-refractivity contribution is -0.127. The van der Waals surface area contributed by atoms with Crippen molar-refractivity contribution in [3.05, 3.63) is 71.9 Å². The van der Waals surface area contributed by atoms with E-state index in [9.17, 15) is 4.79 Å². The molecular weight excluding hydrogens is 344 g/mol. The molecule has 0 spiro atoms. The first-order valence-electron chi connectivity index (χ1n) is 8.36. The zero-order chi connectivity index (χ0) is 18.5. The summed E-state index contributed by atoms with van der Waals surface area (Å²) in [6.07, 6.45) is 1.78. The lowest BCUT2D eigenvalue weighted by atomic mass is 10.1. The fraction of sp³-hybridized carbons (Fsp3) is 0.200. The Hall–Kier alpha value is -2.73. The summed E-state index contributed by atoms with van der Waals surface area (Å²) in [5.41, 5.74) is 4.14. The largest absolute Gasteiger partial charge is 0.341 e. The summed E-state index contributed by atoms with van der Waals surface area (Å²) in [4.78, 5) is 18.7. The maximum absolute atomic E-state index is 12.4. The minimum atomic E-state index is 0.0440. The van der Waals surface area contributed by atoms with Crippen LogP contribution in [0.4, 0.5) is 0 Å². The summed E-state index contributed by atoms with van der Waals surface area (Å²) in [7, 11) is 1.82. The predicted molar refractivity (Wildman–Crippen MR) is 106 cm³/mol. The second-order valence-corrected chi connectivity index (χ2v) is 7.09. The van der Waals surface area contributed by atoms with Gasteiger partial charge in [0.05, 0.1) is 17.6 Å². The van der Waals surface area contributed by atoms with Crippen LogP contribution in [0.2, 0.25) is 0 Å². The number of aryl methyl sites for hydroxylation is 1. The molecule has 0 unspecified atom stereocenters. The molecule has 3 aromatic rings. The molecule has 0 fully saturated rings. The Kier molecular flexibility index (Phi) is 5.63. The molecule has 26 heavy (non-hydrogen) atoms. The van der Waals surface area contributed by atoms with Crippen molar-refractivity contribution in [2.75, 3.05) is 18.6 Å². The Balaban J connectivity index is 1.61. The fourth-order valence-electron chi connectivity index (χ4n) is 2.60. The topological polar surface area (TPSA) is 64.2 Å².